The second-order valence-corrected chi connectivity index (χ2v) is 8.24. The Hall–Kier alpha value is -1.30. The number of nitrogens with one attached hydrogen (secondary N) is 1. The second-order valence-electron chi connectivity index (χ2n) is 5.94. The first-order valence-electron chi connectivity index (χ1n) is 8.13. The van der Waals surface area contributed by atoms with Gasteiger partial charge in [0.25, 0.3) is 0 Å². The molecule has 3 nitrogen and oxygen atoms in total. The van der Waals surface area contributed by atoms with Crippen LogP contribution >= 0.6 is 34.7 Å². The van der Waals surface area contributed by atoms with Gasteiger partial charge in [0.2, 0.25) is 5.28 Å². The Kier molecular flexibility index (Phi) is 4.66. The molecule has 6 heteroatoms. The van der Waals surface area contributed by atoms with Crippen LogP contribution in [0.25, 0.3) is 10.2 Å². The lowest BCUT2D eigenvalue weighted by atomic mass is 10.1. The van der Waals surface area contributed by atoms with Crippen LogP contribution in [-0.2, 0) is 12.8 Å². The van der Waals surface area contributed by atoms with Gasteiger partial charge in [-0.3, -0.25) is 0 Å². The van der Waals surface area contributed by atoms with Crippen molar-refractivity contribution in [2.75, 3.05) is 11.6 Å². The summed E-state index contributed by atoms with van der Waals surface area (Å²) in [5.74, 6) is 0.836. The van der Waals surface area contributed by atoms with E-state index >= 15 is 0 Å². The van der Waals surface area contributed by atoms with Gasteiger partial charge in [0, 0.05) is 15.5 Å². The van der Waals surface area contributed by atoms with Gasteiger partial charge in [-0.2, -0.15) is 4.98 Å². The minimum atomic E-state index is 0.308. The zero-order chi connectivity index (χ0) is 16.5. The molecular formula is C18H18ClN3S2. The third-order valence-electron chi connectivity index (χ3n) is 4.37. The Morgan fingerprint density at radius 2 is 2.04 bits per heavy atom. The summed E-state index contributed by atoms with van der Waals surface area (Å²) < 4.78 is 0. The van der Waals surface area contributed by atoms with Crippen LogP contribution in [0, 0.1) is 0 Å². The quantitative estimate of drug-likeness (QED) is 0.342. The molecule has 1 aliphatic carbocycles. The molecule has 4 rings (SSSR count). The van der Waals surface area contributed by atoms with Gasteiger partial charge in [-0.15, -0.1) is 23.1 Å². The average Bonchev–Trinajstić information content (AvgIpc) is 2.76. The lowest BCUT2D eigenvalue weighted by Crippen LogP contribution is -1.98. The minimum absolute atomic E-state index is 0.308. The SMILES string of the molecule is CSc1cccc(Nc2nc(Cl)nc3sc4c(c23)CCCCC4)c1. The summed E-state index contributed by atoms with van der Waals surface area (Å²) in [5.41, 5.74) is 2.46. The fourth-order valence-electron chi connectivity index (χ4n) is 3.24. The smallest absolute Gasteiger partial charge is 0.225 e. The topological polar surface area (TPSA) is 37.8 Å². The number of fused-ring (bicyclic) bond motifs is 3. The molecule has 0 unspecified atom stereocenters. The van der Waals surface area contributed by atoms with E-state index in [0.717, 1.165) is 34.6 Å². The first-order valence-corrected chi connectivity index (χ1v) is 10.6. The number of halogens is 1. The highest BCUT2D eigenvalue weighted by Gasteiger charge is 2.20. The standard InChI is InChI=1S/C18H18ClN3S2/c1-23-12-7-5-6-11(10-12)20-16-15-13-8-3-2-4-9-14(13)24-17(15)22-18(19)21-16/h5-7,10H,2-4,8-9H2,1H3,(H,20,21,22). The van der Waals surface area contributed by atoms with Crippen molar-refractivity contribution in [3.05, 3.63) is 40.0 Å². The number of aromatic nitrogens is 2. The molecule has 0 aliphatic heterocycles. The van der Waals surface area contributed by atoms with Gasteiger partial charge in [-0.25, -0.2) is 4.98 Å². The Balaban J connectivity index is 1.82. The summed E-state index contributed by atoms with van der Waals surface area (Å²) in [6.07, 6.45) is 8.14. The van der Waals surface area contributed by atoms with Gasteiger partial charge < -0.3 is 5.32 Å². The maximum Gasteiger partial charge on any atom is 0.225 e. The van der Waals surface area contributed by atoms with Crippen LogP contribution in [-0.4, -0.2) is 16.2 Å². The normalized spacial score (nSPS) is 14.4. The van der Waals surface area contributed by atoms with Crippen LogP contribution in [0.15, 0.2) is 29.2 Å². The van der Waals surface area contributed by atoms with E-state index < -0.39 is 0 Å². The van der Waals surface area contributed by atoms with Crippen molar-refractivity contribution in [3.8, 4) is 0 Å². The zero-order valence-corrected chi connectivity index (χ0v) is 15.8. The molecule has 3 aromatic rings. The summed E-state index contributed by atoms with van der Waals surface area (Å²) >= 11 is 9.70. The van der Waals surface area contributed by atoms with E-state index in [4.69, 9.17) is 11.6 Å². The summed E-state index contributed by atoms with van der Waals surface area (Å²) in [6.45, 7) is 0. The highest BCUT2D eigenvalue weighted by Crippen LogP contribution is 2.39. The molecule has 124 valence electrons. The Morgan fingerprint density at radius 1 is 1.17 bits per heavy atom. The lowest BCUT2D eigenvalue weighted by Gasteiger charge is -2.10. The van der Waals surface area contributed by atoms with Gasteiger partial charge in [-0.1, -0.05) is 12.5 Å². The number of thiophene rings is 1. The van der Waals surface area contributed by atoms with E-state index in [1.165, 1.54) is 34.6 Å². The number of nitrogens with zero attached hydrogens (tertiary/aromatic N) is 2. The van der Waals surface area contributed by atoms with Gasteiger partial charge in [0.05, 0.1) is 5.39 Å². The number of anilines is 2. The molecule has 0 fully saturated rings. The van der Waals surface area contributed by atoms with Crippen molar-refractivity contribution in [2.45, 2.75) is 37.0 Å². The van der Waals surface area contributed by atoms with Crippen molar-refractivity contribution in [1.82, 2.24) is 9.97 Å². The average molecular weight is 376 g/mol. The van der Waals surface area contributed by atoms with Crippen molar-refractivity contribution < 1.29 is 0 Å². The summed E-state index contributed by atoms with van der Waals surface area (Å²) in [4.78, 5) is 12.7. The number of hydrogen-bond acceptors (Lipinski definition) is 5. The molecule has 0 radical (unpaired) electrons. The molecule has 0 atom stereocenters. The molecule has 0 bridgehead atoms. The fraction of sp³-hybridized carbons (Fsp3) is 0.333. The molecule has 24 heavy (non-hydrogen) atoms. The van der Waals surface area contributed by atoms with Crippen molar-refractivity contribution in [2.24, 2.45) is 0 Å². The number of rotatable bonds is 3. The maximum absolute atomic E-state index is 6.18. The van der Waals surface area contributed by atoms with Gasteiger partial charge in [-0.05, 0) is 67.3 Å². The highest BCUT2D eigenvalue weighted by atomic mass is 35.5. The van der Waals surface area contributed by atoms with Crippen LogP contribution in [0.5, 0.6) is 0 Å². The molecule has 0 amide bonds. The first-order chi connectivity index (χ1) is 11.7. The number of hydrogen-bond donors (Lipinski definition) is 1. The van der Waals surface area contributed by atoms with Crippen LogP contribution < -0.4 is 5.32 Å². The molecule has 2 heterocycles. The van der Waals surface area contributed by atoms with Crippen molar-refractivity contribution in [1.29, 1.82) is 0 Å². The third kappa shape index (κ3) is 3.13. The molecule has 1 aromatic carbocycles. The largest absolute Gasteiger partial charge is 0.340 e. The number of thioether (sulfide) groups is 1. The first kappa shape index (κ1) is 16.2. The Labute approximate surface area is 154 Å². The molecule has 0 spiro atoms. The van der Waals surface area contributed by atoms with E-state index in [1.54, 1.807) is 23.1 Å². The van der Waals surface area contributed by atoms with E-state index in [2.05, 4.69) is 45.8 Å². The molecule has 1 N–H and O–H groups in total. The van der Waals surface area contributed by atoms with Crippen LogP contribution in [0.3, 0.4) is 0 Å². The van der Waals surface area contributed by atoms with Crippen LogP contribution in [0.4, 0.5) is 11.5 Å². The van der Waals surface area contributed by atoms with Gasteiger partial charge in [0.1, 0.15) is 10.6 Å². The van der Waals surface area contributed by atoms with Crippen LogP contribution in [0.1, 0.15) is 29.7 Å². The summed E-state index contributed by atoms with van der Waals surface area (Å²) in [7, 11) is 0. The van der Waals surface area contributed by atoms with Gasteiger partial charge in [0.15, 0.2) is 0 Å². The molecule has 0 saturated carbocycles. The van der Waals surface area contributed by atoms with Crippen LogP contribution in [0.2, 0.25) is 5.28 Å². The zero-order valence-electron chi connectivity index (χ0n) is 13.4. The number of benzene rings is 1. The molecule has 2 aromatic heterocycles. The molecule has 1 aliphatic rings. The van der Waals surface area contributed by atoms with E-state index in [9.17, 15) is 0 Å². The highest BCUT2D eigenvalue weighted by molar-refractivity contribution is 7.98. The predicted octanol–water partition coefficient (Wildman–Crippen LogP) is 6.08. The second kappa shape index (κ2) is 6.90. The molecule has 0 saturated heterocycles. The summed E-state index contributed by atoms with van der Waals surface area (Å²) in [5, 5.41) is 4.95. The molecular weight excluding hydrogens is 358 g/mol. The predicted molar refractivity (Wildman–Crippen MR) is 105 cm³/mol. The lowest BCUT2D eigenvalue weighted by molar-refractivity contribution is 0.713. The van der Waals surface area contributed by atoms with E-state index in [-0.39, 0.29) is 0 Å². The van der Waals surface area contributed by atoms with E-state index in [1.807, 2.05) is 0 Å². The Morgan fingerprint density at radius 3 is 2.92 bits per heavy atom. The minimum Gasteiger partial charge on any atom is -0.340 e. The monoisotopic (exact) mass is 375 g/mol. The third-order valence-corrected chi connectivity index (χ3v) is 6.45. The summed E-state index contributed by atoms with van der Waals surface area (Å²) in [6, 6.07) is 8.36. The van der Waals surface area contributed by atoms with E-state index in [0.29, 0.717) is 5.28 Å². The fourth-order valence-corrected chi connectivity index (χ4v) is 5.18. The van der Waals surface area contributed by atoms with Crippen molar-refractivity contribution >= 4 is 56.4 Å². The Bertz CT molecular complexity index is 891. The number of aryl methyl sites for hydroxylation is 2. The van der Waals surface area contributed by atoms with Crippen molar-refractivity contribution in [3.63, 3.8) is 0 Å². The maximum atomic E-state index is 6.18. The van der Waals surface area contributed by atoms with Gasteiger partial charge >= 0.3 is 0 Å².